The van der Waals surface area contributed by atoms with Crippen LogP contribution in [0, 0.1) is 18.3 Å². The molecule has 132 valence electrons. The van der Waals surface area contributed by atoms with Gasteiger partial charge in [-0.25, -0.2) is 19.9 Å². The zero-order valence-corrected chi connectivity index (χ0v) is 15.8. The number of nitriles is 1. The largest absolute Gasteiger partial charge is 0.354 e. The van der Waals surface area contributed by atoms with E-state index in [4.69, 9.17) is 0 Å². The van der Waals surface area contributed by atoms with E-state index in [1.165, 1.54) is 6.33 Å². The lowest BCUT2D eigenvalue weighted by molar-refractivity contribution is 0.589. The van der Waals surface area contributed by atoms with Crippen LogP contribution in [0.1, 0.15) is 29.3 Å². The molecule has 26 heavy (non-hydrogen) atoms. The van der Waals surface area contributed by atoms with Crippen molar-refractivity contribution in [2.45, 2.75) is 25.8 Å². The van der Waals surface area contributed by atoms with Gasteiger partial charge in [-0.05, 0) is 47.0 Å². The molecule has 9 heteroatoms. The van der Waals surface area contributed by atoms with Crippen LogP contribution < -0.4 is 5.32 Å². The molecule has 3 aromatic heterocycles. The Balaban J connectivity index is 1.71. The van der Waals surface area contributed by atoms with Gasteiger partial charge in [0.1, 0.15) is 23.2 Å². The van der Waals surface area contributed by atoms with Crippen molar-refractivity contribution < 1.29 is 0 Å². The lowest BCUT2D eigenvalue weighted by Crippen LogP contribution is -2.12. The van der Waals surface area contributed by atoms with Gasteiger partial charge in [-0.3, -0.25) is 4.68 Å². The first kappa shape index (κ1) is 17.9. The fourth-order valence-electron chi connectivity index (χ4n) is 2.47. The topological polar surface area (TPSA) is 105 Å². The van der Waals surface area contributed by atoms with Gasteiger partial charge >= 0.3 is 0 Å². The molecule has 0 amide bonds. The Bertz CT molecular complexity index is 903. The molecule has 0 aliphatic rings. The maximum atomic E-state index is 9.66. The average molecular weight is 413 g/mol. The molecule has 0 fully saturated rings. The van der Waals surface area contributed by atoms with Crippen LogP contribution in [0.15, 0.2) is 41.7 Å². The number of aromatic nitrogens is 6. The van der Waals surface area contributed by atoms with Gasteiger partial charge in [-0.1, -0.05) is 6.07 Å². The Morgan fingerprint density at radius 2 is 2.23 bits per heavy atom. The van der Waals surface area contributed by atoms with Gasteiger partial charge in [0.25, 0.3) is 0 Å². The molecule has 0 bridgehead atoms. The predicted octanol–water partition coefficient (Wildman–Crippen LogP) is 2.69. The van der Waals surface area contributed by atoms with Crippen LogP contribution in [-0.2, 0) is 6.54 Å². The molecule has 1 N–H and O–H groups in total. The molecular formula is C17H17BrN8. The summed E-state index contributed by atoms with van der Waals surface area (Å²) in [5.74, 6) is -0.0503. The molecule has 0 saturated carbocycles. The third-order valence-electron chi connectivity index (χ3n) is 3.76. The van der Waals surface area contributed by atoms with E-state index in [1.54, 1.807) is 17.2 Å². The second kappa shape index (κ2) is 8.49. The standard InChI is InChI=1S/C17H17BrN8/c1-12-9-22-17(21-6-3-7-26-11-20-10-23-26)25-16(12)13(8-19)14-4-2-5-15(18)24-14/h2,4-5,9-11,13H,3,6-7H2,1H3,(H,21,22,25). The van der Waals surface area contributed by atoms with Crippen LogP contribution >= 0.6 is 15.9 Å². The van der Waals surface area contributed by atoms with E-state index in [0.717, 1.165) is 18.5 Å². The van der Waals surface area contributed by atoms with E-state index in [2.05, 4.69) is 52.4 Å². The predicted molar refractivity (Wildman–Crippen MR) is 99.3 cm³/mol. The second-order valence-corrected chi connectivity index (χ2v) is 6.46. The Morgan fingerprint density at radius 1 is 1.35 bits per heavy atom. The summed E-state index contributed by atoms with van der Waals surface area (Å²) in [5, 5.41) is 16.9. The van der Waals surface area contributed by atoms with Crippen molar-refractivity contribution in [2.24, 2.45) is 0 Å². The molecule has 8 nitrogen and oxygen atoms in total. The summed E-state index contributed by atoms with van der Waals surface area (Å²) in [4.78, 5) is 17.2. The summed E-state index contributed by atoms with van der Waals surface area (Å²) < 4.78 is 2.46. The monoisotopic (exact) mass is 412 g/mol. The minimum Gasteiger partial charge on any atom is -0.354 e. The van der Waals surface area contributed by atoms with E-state index in [1.807, 2.05) is 25.1 Å². The Morgan fingerprint density at radius 3 is 2.96 bits per heavy atom. The molecule has 1 atom stereocenters. The summed E-state index contributed by atoms with van der Waals surface area (Å²) >= 11 is 3.35. The fourth-order valence-corrected chi connectivity index (χ4v) is 2.83. The van der Waals surface area contributed by atoms with Crippen LogP contribution in [0.5, 0.6) is 0 Å². The third-order valence-corrected chi connectivity index (χ3v) is 4.20. The van der Waals surface area contributed by atoms with Gasteiger partial charge in [-0.2, -0.15) is 10.4 Å². The molecule has 3 rings (SSSR count). The molecule has 0 spiro atoms. The molecule has 0 aromatic carbocycles. The maximum Gasteiger partial charge on any atom is 0.222 e. The van der Waals surface area contributed by atoms with Gasteiger partial charge in [-0.15, -0.1) is 0 Å². The Labute approximate surface area is 159 Å². The van der Waals surface area contributed by atoms with E-state index in [9.17, 15) is 5.26 Å². The van der Waals surface area contributed by atoms with Crippen molar-refractivity contribution in [3.05, 3.63) is 58.6 Å². The highest BCUT2D eigenvalue weighted by Gasteiger charge is 2.20. The van der Waals surface area contributed by atoms with Gasteiger partial charge in [0, 0.05) is 19.3 Å². The molecule has 0 radical (unpaired) electrons. The summed E-state index contributed by atoms with van der Waals surface area (Å²) in [7, 11) is 0. The van der Waals surface area contributed by atoms with Crippen LogP contribution in [0.2, 0.25) is 0 Å². The quantitative estimate of drug-likeness (QED) is 0.469. The number of anilines is 1. The fraction of sp³-hybridized carbons (Fsp3) is 0.294. The van der Waals surface area contributed by atoms with Crippen LogP contribution in [0.4, 0.5) is 5.95 Å². The number of hydrogen-bond acceptors (Lipinski definition) is 7. The number of rotatable bonds is 7. The van der Waals surface area contributed by atoms with Crippen molar-refractivity contribution in [2.75, 3.05) is 11.9 Å². The first-order valence-electron chi connectivity index (χ1n) is 8.09. The second-order valence-electron chi connectivity index (χ2n) is 5.65. The van der Waals surface area contributed by atoms with Crippen LogP contribution in [0.3, 0.4) is 0 Å². The number of halogens is 1. The van der Waals surface area contributed by atoms with Crippen molar-refractivity contribution in [3.8, 4) is 6.07 Å². The normalized spacial score (nSPS) is 11.7. The van der Waals surface area contributed by atoms with Gasteiger partial charge in [0.15, 0.2) is 0 Å². The minimum absolute atomic E-state index is 0.499. The Hall–Kier alpha value is -2.86. The SMILES string of the molecule is Cc1cnc(NCCCn2cncn2)nc1C(C#N)c1cccc(Br)n1. The molecule has 0 aliphatic carbocycles. The number of nitrogens with zero attached hydrogens (tertiary/aromatic N) is 7. The molecule has 3 aromatic rings. The van der Waals surface area contributed by atoms with E-state index >= 15 is 0 Å². The van der Waals surface area contributed by atoms with Crippen molar-refractivity contribution in [1.82, 2.24) is 29.7 Å². The highest BCUT2D eigenvalue weighted by atomic mass is 79.9. The van der Waals surface area contributed by atoms with E-state index in [0.29, 0.717) is 28.5 Å². The zero-order chi connectivity index (χ0) is 18.4. The lowest BCUT2D eigenvalue weighted by Gasteiger charge is -2.13. The molecule has 0 saturated heterocycles. The van der Waals surface area contributed by atoms with Crippen LogP contribution in [0.25, 0.3) is 0 Å². The van der Waals surface area contributed by atoms with Crippen molar-refractivity contribution >= 4 is 21.9 Å². The number of pyridine rings is 1. The number of hydrogen-bond donors (Lipinski definition) is 1. The summed E-state index contributed by atoms with van der Waals surface area (Å²) in [6, 6.07) is 7.80. The molecule has 3 heterocycles. The number of aryl methyl sites for hydroxylation is 2. The molecule has 1 unspecified atom stereocenters. The molecule has 0 aliphatic heterocycles. The minimum atomic E-state index is -0.550. The highest BCUT2D eigenvalue weighted by molar-refractivity contribution is 9.10. The van der Waals surface area contributed by atoms with E-state index < -0.39 is 5.92 Å². The van der Waals surface area contributed by atoms with Crippen LogP contribution in [-0.4, -0.2) is 36.3 Å². The van der Waals surface area contributed by atoms with Gasteiger partial charge in [0.2, 0.25) is 5.95 Å². The van der Waals surface area contributed by atoms with Gasteiger partial charge < -0.3 is 5.32 Å². The third kappa shape index (κ3) is 4.40. The van der Waals surface area contributed by atoms with E-state index in [-0.39, 0.29) is 0 Å². The lowest BCUT2D eigenvalue weighted by atomic mass is 9.99. The summed E-state index contributed by atoms with van der Waals surface area (Å²) in [5.41, 5.74) is 2.17. The zero-order valence-electron chi connectivity index (χ0n) is 14.2. The van der Waals surface area contributed by atoms with Crippen molar-refractivity contribution in [3.63, 3.8) is 0 Å². The molecular weight excluding hydrogens is 396 g/mol. The Kier molecular flexibility index (Phi) is 5.86. The smallest absolute Gasteiger partial charge is 0.222 e. The number of nitrogens with one attached hydrogen (secondary N) is 1. The summed E-state index contributed by atoms with van der Waals surface area (Å²) in [6.45, 7) is 3.34. The highest BCUT2D eigenvalue weighted by Crippen LogP contribution is 2.25. The first-order valence-corrected chi connectivity index (χ1v) is 8.88. The average Bonchev–Trinajstić information content (AvgIpc) is 3.15. The van der Waals surface area contributed by atoms with Gasteiger partial charge in [0.05, 0.1) is 17.5 Å². The maximum absolute atomic E-state index is 9.66. The first-order chi connectivity index (χ1) is 12.7. The summed E-state index contributed by atoms with van der Waals surface area (Å²) in [6.07, 6.45) is 5.78. The van der Waals surface area contributed by atoms with Crippen molar-refractivity contribution in [1.29, 1.82) is 5.26 Å².